The summed E-state index contributed by atoms with van der Waals surface area (Å²) in [4.78, 5) is 2.46. The highest BCUT2D eigenvalue weighted by atomic mass is 32.2. The van der Waals surface area contributed by atoms with E-state index in [-0.39, 0.29) is 5.41 Å². The molecular formula is C18H31N3O3S. The van der Waals surface area contributed by atoms with E-state index < -0.39 is 10.0 Å². The second-order valence-corrected chi connectivity index (χ2v) is 9.96. The first-order valence-electron chi connectivity index (χ1n) is 9.47. The predicted molar refractivity (Wildman–Crippen MR) is 97.8 cm³/mol. The summed E-state index contributed by atoms with van der Waals surface area (Å²) in [6, 6.07) is 0. The van der Waals surface area contributed by atoms with Gasteiger partial charge in [-0.05, 0) is 51.5 Å². The molecule has 0 aliphatic carbocycles. The highest BCUT2D eigenvalue weighted by molar-refractivity contribution is 7.89. The molecule has 1 aromatic rings. The summed E-state index contributed by atoms with van der Waals surface area (Å²) >= 11 is 0. The molecule has 1 unspecified atom stereocenters. The Bertz CT molecular complexity index is 681. The van der Waals surface area contributed by atoms with Crippen LogP contribution in [0.4, 0.5) is 0 Å². The maximum absolute atomic E-state index is 12.5. The average molecular weight is 370 g/mol. The third kappa shape index (κ3) is 4.09. The fraction of sp³-hybridized carbons (Fsp3) is 0.833. The minimum atomic E-state index is -3.09. The first-order chi connectivity index (χ1) is 11.9. The van der Waals surface area contributed by atoms with Crippen LogP contribution in [0, 0.1) is 19.3 Å². The second kappa shape index (κ2) is 7.37. The zero-order valence-electron chi connectivity index (χ0n) is 15.8. The highest BCUT2D eigenvalue weighted by Crippen LogP contribution is 2.40. The van der Waals surface area contributed by atoms with Crippen molar-refractivity contribution in [1.82, 2.24) is 14.4 Å². The minimum absolute atomic E-state index is 0.122. The summed E-state index contributed by atoms with van der Waals surface area (Å²) in [6.07, 6.45) is 4.92. The molecule has 0 radical (unpaired) electrons. The fourth-order valence-corrected chi connectivity index (χ4v) is 6.07. The summed E-state index contributed by atoms with van der Waals surface area (Å²) in [5, 5.41) is 4.05. The third-order valence-electron chi connectivity index (χ3n) is 5.86. The molecule has 2 fully saturated rings. The van der Waals surface area contributed by atoms with Gasteiger partial charge in [-0.3, -0.25) is 4.90 Å². The van der Waals surface area contributed by atoms with Crippen LogP contribution in [0.15, 0.2) is 4.52 Å². The van der Waals surface area contributed by atoms with E-state index in [1.54, 1.807) is 4.31 Å². The van der Waals surface area contributed by atoms with Gasteiger partial charge in [0.15, 0.2) is 0 Å². The average Bonchev–Trinajstić information content (AvgIpc) is 3.12. The number of piperidine rings is 1. The summed E-state index contributed by atoms with van der Waals surface area (Å²) in [5.74, 6) is 1.19. The van der Waals surface area contributed by atoms with E-state index in [1.807, 2.05) is 20.8 Å². The smallest absolute Gasteiger partial charge is 0.214 e. The Morgan fingerprint density at radius 1 is 1.20 bits per heavy atom. The quantitative estimate of drug-likeness (QED) is 0.771. The van der Waals surface area contributed by atoms with E-state index in [9.17, 15) is 8.42 Å². The number of aromatic nitrogens is 1. The molecule has 25 heavy (non-hydrogen) atoms. The molecule has 6 nitrogen and oxygen atoms in total. The largest absolute Gasteiger partial charge is 0.361 e. The predicted octanol–water partition coefficient (Wildman–Crippen LogP) is 2.71. The van der Waals surface area contributed by atoms with Crippen molar-refractivity contribution in [1.29, 1.82) is 0 Å². The lowest BCUT2D eigenvalue weighted by Gasteiger charge is -2.40. The Hall–Kier alpha value is -0.920. The molecule has 142 valence electrons. The van der Waals surface area contributed by atoms with E-state index in [1.165, 1.54) is 5.56 Å². The maximum Gasteiger partial charge on any atom is 0.214 e. The Balaban J connectivity index is 1.65. The number of rotatable bonds is 6. The van der Waals surface area contributed by atoms with Crippen molar-refractivity contribution >= 4 is 10.0 Å². The molecule has 0 N–H and O–H groups in total. The van der Waals surface area contributed by atoms with Crippen LogP contribution in [0.25, 0.3) is 0 Å². The molecule has 0 bridgehead atoms. The van der Waals surface area contributed by atoms with Crippen LogP contribution in [0.3, 0.4) is 0 Å². The standard InChI is InChI=1S/C18H31N3O3S/c1-4-5-11-25(22,23)21-10-8-18(14-21)7-6-9-20(13-18)12-17-15(2)19-24-16(17)3/h4-14H2,1-3H3. The molecule has 2 saturated heterocycles. The van der Waals surface area contributed by atoms with Crippen molar-refractivity contribution in [2.45, 2.75) is 59.4 Å². The molecular weight excluding hydrogens is 338 g/mol. The van der Waals surface area contributed by atoms with Crippen molar-refractivity contribution in [3.8, 4) is 0 Å². The lowest BCUT2D eigenvalue weighted by molar-refractivity contribution is 0.0930. The van der Waals surface area contributed by atoms with Crippen LogP contribution in [0.5, 0.6) is 0 Å². The van der Waals surface area contributed by atoms with Crippen LogP contribution >= 0.6 is 0 Å². The Kier molecular flexibility index (Phi) is 5.56. The molecule has 0 aromatic carbocycles. The van der Waals surface area contributed by atoms with Gasteiger partial charge in [-0.25, -0.2) is 12.7 Å². The van der Waals surface area contributed by atoms with Gasteiger partial charge in [0.2, 0.25) is 10.0 Å². The first kappa shape index (κ1) is 18.9. The van der Waals surface area contributed by atoms with Gasteiger partial charge in [0.1, 0.15) is 5.76 Å². The van der Waals surface area contributed by atoms with Crippen molar-refractivity contribution in [2.24, 2.45) is 5.41 Å². The number of aryl methyl sites for hydroxylation is 2. The third-order valence-corrected chi connectivity index (χ3v) is 7.76. The summed E-state index contributed by atoms with van der Waals surface area (Å²) in [7, 11) is -3.09. The van der Waals surface area contributed by atoms with Crippen molar-refractivity contribution < 1.29 is 12.9 Å². The molecule has 0 amide bonds. The van der Waals surface area contributed by atoms with E-state index in [0.717, 1.165) is 63.2 Å². The number of unbranched alkanes of at least 4 members (excludes halogenated alkanes) is 1. The Labute approximate surface area is 151 Å². The number of nitrogens with zero attached hydrogens (tertiary/aromatic N) is 3. The maximum atomic E-state index is 12.5. The number of hydrogen-bond acceptors (Lipinski definition) is 5. The minimum Gasteiger partial charge on any atom is -0.361 e. The van der Waals surface area contributed by atoms with Crippen molar-refractivity contribution in [3.63, 3.8) is 0 Å². The zero-order valence-corrected chi connectivity index (χ0v) is 16.6. The summed E-state index contributed by atoms with van der Waals surface area (Å²) in [6.45, 7) is 10.3. The molecule has 3 rings (SSSR count). The number of sulfonamides is 1. The molecule has 1 aromatic heterocycles. The summed E-state index contributed by atoms with van der Waals surface area (Å²) in [5.41, 5.74) is 2.27. The van der Waals surface area contributed by atoms with Gasteiger partial charge in [0.05, 0.1) is 11.4 Å². The van der Waals surface area contributed by atoms with Crippen LogP contribution in [-0.4, -0.2) is 54.7 Å². The Morgan fingerprint density at radius 3 is 2.68 bits per heavy atom. The molecule has 0 saturated carbocycles. The number of hydrogen-bond donors (Lipinski definition) is 0. The molecule has 2 aliphatic heterocycles. The van der Waals surface area contributed by atoms with E-state index in [4.69, 9.17) is 4.52 Å². The number of likely N-dealkylation sites (tertiary alicyclic amines) is 1. The van der Waals surface area contributed by atoms with Crippen LogP contribution in [-0.2, 0) is 16.6 Å². The SMILES string of the molecule is CCCCS(=O)(=O)N1CCC2(CCCN(Cc3c(C)noc3C)C2)C1. The molecule has 7 heteroatoms. The lowest BCUT2D eigenvalue weighted by Crippen LogP contribution is -2.45. The van der Waals surface area contributed by atoms with Gasteiger partial charge in [0.25, 0.3) is 0 Å². The fourth-order valence-electron chi connectivity index (χ4n) is 4.32. The van der Waals surface area contributed by atoms with Gasteiger partial charge < -0.3 is 4.52 Å². The summed E-state index contributed by atoms with van der Waals surface area (Å²) < 4.78 is 32.1. The normalized spacial score (nSPS) is 25.9. The molecule has 1 spiro atoms. The van der Waals surface area contributed by atoms with Crippen molar-refractivity contribution in [3.05, 3.63) is 17.0 Å². The Morgan fingerprint density at radius 2 is 2.00 bits per heavy atom. The molecule has 2 aliphatic rings. The second-order valence-electron chi connectivity index (χ2n) is 7.87. The van der Waals surface area contributed by atoms with Crippen LogP contribution in [0.2, 0.25) is 0 Å². The monoisotopic (exact) mass is 369 g/mol. The molecule has 3 heterocycles. The lowest BCUT2D eigenvalue weighted by atomic mass is 9.79. The van der Waals surface area contributed by atoms with Gasteiger partial charge >= 0.3 is 0 Å². The zero-order chi connectivity index (χ0) is 18.1. The first-order valence-corrected chi connectivity index (χ1v) is 11.1. The highest BCUT2D eigenvalue weighted by Gasteiger charge is 2.44. The van der Waals surface area contributed by atoms with Crippen LogP contribution < -0.4 is 0 Å². The van der Waals surface area contributed by atoms with E-state index in [2.05, 4.69) is 10.1 Å². The van der Waals surface area contributed by atoms with Crippen LogP contribution in [0.1, 0.15) is 56.0 Å². The van der Waals surface area contributed by atoms with E-state index in [0.29, 0.717) is 18.8 Å². The van der Waals surface area contributed by atoms with E-state index >= 15 is 0 Å². The van der Waals surface area contributed by atoms with Gasteiger partial charge in [-0.1, -0.05) is 18.5 Å². The topological polar surface area (TPSA) is 66.7 Å². The van der Waals surface area contributed by atoms with Gasteiger partial charge in [-0.15, -0.1) is 0 Å². The van der Waals surface area contributed by atoms with Gasteiger partial charge in [0, 0.05) is 31.7 Å². The van der Waals surface area contributed by atoms with Gasteiger partial charge in [-0.2, -0.15) is 0 Å². The molecule has 1 atom stereocenters. The van der Waals surface area contributed by atoms with Crippen molar-refractivity contribution in [2.75, 3.05) is 31.9 Å².